The monoisotopic (exact) mass is 264 g/mol. The van der Waals surface area contributed by atoms with Crippen molar-refractivity contribution in [3.63, 3.8) is 0 Å². The molecule has 1 fully saturated rings. The number of nitrogens with zero attached hydrogens (tertiary/aromatic N) is 2. The summed E-state index contributed by atoms with van der Waals surface area (Å²) in [5, 5.41) is 8.81. The Bertz CT molecular complexity index is 622. The molecule has 0 N–H and O–H groups in total. The summed E-state index contributed by atoms with van der Waals surface area (Å²) >= 11 is 0. The largest absolute Gasteiger partial charge is 0.455 e. The van der Waals surface area contributed by atoms with Gasteiger partial charge < -0.3 is 9.64 Å². The maximum atomic E-state index is 8.81. The van der Waals surface area contributed by atoms with E-state index < -0.39 is 0 Å². The molecule has 0 bridgehead atoms. The summed E-state index contributed by atoms with van der Waals surface area (Å²) < 4.78 is 5.97. The van der Waals surface area contributed by atoms with Crippen LogP contribution < -0.4 is 9.64 Å². The van der Waals surface area contributed by atoms with E-state index in [4.69, 9.17) is 10.00 Å². The van der Waals surface area contributed by atoms with E-state index >= 15 is 0 Å². The molecule has 1 saturated heterocycles. The van der Waals surface area contributed by atoms with Gasteiger partial charge in [-0.25, -0.2) is 0 Å². The highest BCUT2D eigenvalue weighted by molar-refractivity contribution is 5.60. The zero-order chi connectivity index (χ0) is 13.8. The van der Waals surface area contributed by atoms with Crippen molar-refractivity contribution < 1.29 is 4.74 Å². The first-order valence-corrected chi connectivity index (χ1v) is 6.89. The van der Waals surface area contributed by atoms with E-state index in [1.54, 1.807) is 12.1 Å². The topological polar surface area (TPSA) is 36.3 Å². The molecule has 0 amide bonds. The lowest BCUT2D eigenvalue weighted by Gasteiger charge is -2.21. The van der Waals surface area contributed by atoms with Crippen molar-refractivity contribution in [2.24, 2.45) is 0 Å². The summed E-state index contributed by atoms with van der Waals surface area (Å²) in [5.41, 5.74) is 1.79. The normalized spacial score (nSPS) is 14.1. The first kappa shape index (κ1) is 12.6. The third-order valence-electron chi connectivity index (χ3n) is 3.52. The summed E-state index contributed by atoms with van der Waals surface area (Å²) in [6.07, 6.45) is 2.48. The predicted octanol–water partition coefficient (Wildman–Crippen LogP) is 3.95. The van der Waals surface area contributed by atoms with Gasteiger partial charge in [0.1, 0.15) is 5.75 Å². The van der Waals surface area contributed by atoms with Gasteiger partial charge in [-0.05, 0) is 49.2 Å². The Hall–Kier alpha value is -2.47. The third-order valence-corrected chi connectivity index (χ3v) is 3.52. The van der Waals surface area contributed by atoms with Crippen LogP contribution in [0.1, 0.15) is 18.4 Å². The SMILES string of the molecule is N#Cc1ccc(Oc2ccccc2N2CCCC2)cc1. The molecule has 0 atom stereocenters. The van der Waals surface area contributed by atoms with Gasteiger partial charge in [0.25, 0.3) is 0 Å². The van der Waals surface area contributed by atoms with E-state index in [9.17, 15) is 0 Å². The van der Waals surface area contributed by atoms with Gasteiger partial charge >= 0.3 is 0 Å². The number of nitriles is 1. The van der Waals surface area contributed by atoms with E-state index in [0.717, 1.165) is 30.3 Å². The van der Waals surface area contributed by atoms with Crippen LogP contribution in [0, 0.1) is 11.3 Å². The molecule has 20 heavy (non-hydrogen) atoms. The minimum absolute atomic E-state index is 0.644. The van der Waals surface area contributed by atoms with E-state index in [0.29, 0.717) is 5.56 Å². The van der Waals surface area contributed by atoms with Crippen molar-refractivity contribution in [1.29, 1.82) is 5.26 Å². The zero-order valence-corrected chi connectivity index (χ0v) is 11.2. The molecular formula is C17H16N2O. The number of hydrogen-bond donors (Lipinski definition) is 0. The highest BCUT2D eigenvalue weighted by atomic mass is 16.5. The molecular weight excluding hydrogens is 248 g/mol. The van der Waals surface area contributed by atoms with Gasteiger partial charge in [0.2, 0.25) is 0 Å². The maximum Gasteiger partial charge on any atom is 0.150 e. The van der Waals surface area contributed by atoms with Gasteiger partial charge in [0, 0.05) is 13.1 Å². The third kappa shape index (κ3) is 2.60. The first-order chi connectivity index (χ1) is 9.86. The van der Waals surface area contributed by atoms with Crippen molar-refractivity contribution >= 4 is 5.69 Å². The zero-order valence-electron chi connectivity index (χ0n) is 11.2. The second-order valence-corrected chi connectivity index (χ2v) is 4.90. The smallest absolute Gasteiger partial charge is 0.150 e. The molecule has 0 saturated carbocycles. The Morgan fingerprint density at radius 1 is 0.950 bits per heavy atom. The van der Waals surface area contributed by atoms with Crippen LogP contribution >= 0.6 is 0 Å². The van der Waals surface area contributed by atoms with Gasteiger partial charge in [-0.1, -0.05) is 12.1 Å². The summed E-state index contributed by atoms with van der Waals surface area (Å²) in [4.78, 5) is 2.36. The van der Waals surface area contributed by atoms with Gasteiger partial charge in [0.05, 0.1) is 17.3 Å². The summed E-state index contributed by atoms with van der Waals surface area (Å²) in [7, 11) is 0. The highest BCUT2D eigenvalue weighted by Crippen LogP contribution is 2.33. The number of hydrogen-bond acceptors (Lipinski definition) is 3. The summed E-state index contributed by atoms with van der Waals surface area (Å²) in [5.74, 6) is 1.63. The summed E-state index contributed by atoms with van der Waals surface area (Å²) in [6, 6.07) is 17.4. The molecule has 0 spiro atoms. The molecule has 0 radical (unpaired) electrons. The quantitative estimate of drug-likeness (QED) is 0.842. The van der Waals surface area contributed by atoms with Crippen molar-refractivity contribution in [1.82, 2.24) is 0 Å². The van der Waals surface area contributed by atoms with Crippen molar-refractivity contribution in [2.45, 2.75) is 12.8 Å². The second-order valence-electron chi connectivity index (χ2n) is 4.90. The molecule has 0 aliphatic carbocycles. The molecule has 3 nitrogen and oxygen atoms in total. The minimum Gasteiger partial charge on any atom is -0.455 e. The van der Waals surface area contributed by atoms with Crippen LogP contribution in [-0.2, 0) is 0 Å². The predicted molar refractivity (Wildman–Crippen MR) is 79.1 cm³/mol. The lowest BCUT2D eigenvalue weighted by atomic mass is 10.2. The van der Waals surface area contributed by atoms with E-state index in [1.807, 2.05) is 30.3 Å². The number of rotatable bonds is 3. The van der Waals surface area contributed by atoms with Crippen molar-refractivity contribution in [3.8, 4) is 17.6 Å². The fourth-order valence-electron chi connectivity index (χ4n) is 2.49. The molecule has 3 rings (SSSR count). The molecule has 3 heteroatoms. The fourth-order valence-corrected chi connectivity index (χ4v) is 2.49. The van der Waals surface area contributed by atoms with E-state index in [-0.39, 0.29) is 0 Å². The Labute approximate surface area is 119 Å². The number of para-hydroxylation sites is 2. The molecule has 100 valence electrons. The molecule has 1 aliphatic heterocycles. The van der Waals surface area contributed by atoms with Crippen molar-refractivity contribution in [2.75, 3.05) is 18.0 Å². The lowest BCUT2D eigenvalue weighted by molar-refractivity contribution is 0.482. The lowest BCUT2D eigenvalue weighted by Crippen LogP contribution is -2.18. The highest BCUT2D eigenvalue weighted by Gasteiger charge is 2.16. The maximum absolute atomic E-state index is 8.81. The molecule has 1 aliphatic rings. The molecule has 0 aromatic heterocycles. The van der Waals surface area contributed by atoms with Crippen LogP contribution in [0.2, 0.25) is 0 Å². The van der Waals surface area contributed by atoms with Crippen LogP contribution in [0.15, 0.2) is 48.5 Å². The van der Waals surface area contributed by atoms with Gasteiger partial charge in [-0.3, -0.25) is 0 Å². The number of anilines is 1. The van der Waals surface area contributed by atoms with Crippen LogP contribution in [0.3, 0.4) is 0 Å². The van der Waals surface area contributed by atoms with Crippen LogP contribution in [0.4, 0.5) is 5.69 Å². The fraction of sp³-hybridized carbons (Fsp3) is 0.235. The van der Waals surface area contributed by atoms with Crippen LogP contribution in [-0.4, -0.2) is 13.1 Å². The molecule has 2 aromatic rings. The Morgan fingerprint density at radius 3 is 2.35 bits per heavy atom. The molecule has 1 heterocycles. The summed E-state index contributed by atoms with van der Waals surface area (Å²) in [6.45, 7) is 2.18. The minimum atomic E-state index is 0.644. The average molecular weight is 264 g/mol. The average Bonchev–Trinajstić information content (AvgIpc) is 3.03. The van der Waals surface area contributed by atoms with E-state index in [1.165, 1.54) is 12.8 Å². The van der Waals surface area contributed by atoms with E-state index in [2.05, 4.69) is 17.0 Å². The van der Waals surface area contributed by atoms with Gasteiger partial charge in [0.15, 0.2) is 5.75 Å². The molecule has 2 aromatic carbocycles. The van der Waals surface area contributed by atoms with Crippen LogP contribution in [0.25, 0.3) is 0 Å². The van der Waals surface area contributed by atoms with Crippen LogP contribution in [0.5, 0.6) is 11.5 Å². The van der Waals surface area contributed by atoms with Crippen molar-refractivity contribution in [3.05, 3.63) is 54.1 Å². The Balaban J connectivity index is 1.84. The first-order valence-electron chi connectivity index (χ1n) is 6.89. The number of ether oxygens (including phenoxy) is 1. The number of benzene rings is 2. The Morgan fingerprint density at radius 2 is 1.65 bits per heavy atom. The standard InChI is InChI=1S/C17H16N2O/c18-13-14-7-9-15(10-8-14)20-17-6-2-1-5-16(17)19-11-3-4-12-19/h1-2,5-10H,3-4,11-12H2. The molecule has 0 unspecified atom stereocenters. The van der Waals surface area contributed by atoms with Gasteiger partial charge in [-0.2, -0.15) is 5.26 Å². The van der Waals surface area contributed by atoms with Gasteiger partial charge in [-0.15, -0.1) is 0 Å². The Kier molecular flexibility index (Phi) is 3.56. The second kappa shape index (κ2) is 5.66.